The summed E-state index contributed by atoms with van der Waals surface area (Å²) in [5.41, 5.74) is 1.04. The SMILES string of the molecule is CCN(CC(=O)O)C1CC(NC(=O)CCNC(=O)N(C)Cc2ccccc2)C1. The minimum Gasteiger partial charge on any atom is -0.480 e. The molecule has 0 spiro atoms. The third kappa shape index (κ3) is 6.84. The number of nitrogens with zero attached hydrogens (tertiary/aromatic N) is 2. The number of carbonyl (C=O) groups is 3. The molecule has 0 atom stereocenters. The van der Waals surface area contributed by atoms with Gasteiger partial charge in [0.1, 0.15) is 0 Å². The summed E-state index contributed by atoms with van der Waals surface area (Å²) in [6, 6.07) is 9.77. The van der Waals surface area contributed by atoms with Gasteiger partial charge in [-0.15, -0.1) is 0 Å². The van der Waals surface area contributed by atoms with Crippen LogP contribution in [0.5, 0.6) is 0 Å². The molecule has 8 heteroatoms. The van der Waals surface area contributed by atoms with Crippen molar-refractivity contribution in [1.29, 1.82) is 0 Å². The first kappa shape index (κ1) is 21.7. The highest BCUT2D eigenvalue weighted by Crippen LogP contribution is 2.25. The molecule has 1 fully saturated rings. The number of amides is 3. The lowest BCUT2D eigenvalue weighted by atomic mass is 9.85. The summed E-state index contributed by atoms with van der Waals surface area (Å²) in [6.45, 7) is 3.43. The van der Waals surface area contributed by atoms with Gasteiger partial charge in [0.25, 0.3) is 0 Å². The summed E-state index contributed by atoms with van der Waals surface area (Å²) >= 11 is 0. The van der Waals surface area contributed by atoms with Gasteiger partial charge in [-0.05, 0) is 24.9 Å². The van der Waals surface area contributed by atoms with Crippen molar-refractivity contribution in [2.75, 3.05) is 26.7 Å². The normalized spacial score (nSPS) is 18.2. The summed E-state index contributed by atoms with van der Waals surface area (Å²) in [5.74, 6) is -0.932. The van der Waals surface area contributed by atoms with Crippen molar-refractivity contribution in [3.05, 3.63) is 35.9 Å². The van der Waals surface area contributed by atoms with E-state index in [-0.39, 0.29) is 43.5 Å². The van der Waals surface area contributed by atoms with Crippen LogP contribution in [0.4, 0.5) is 4.79 Å². The Bertz CT molecular complexity index is 661. The molecular weight excluding hydrogens is 360 g/mol. The summed E-state index contributed by atoms with van der Waals surface area (Å²) < 4.78 is 0. The van der Waals surface area contributed by atoms with Crippen LogP contribution < -0.4 is 10.6 Å². The van der Waals surface area contributed by atoms with Crippen LogP contribution in [0.3, 0.4) is 0 Å². The molecule has 8 nitrogen and oxygen atoms in total. The number of aliphatic carboxylic acids is 1. The molecule has 28 heavy (non-hydrogen) atoms. The topological polar surface area (TPSA) is 102 Å². The van der Waals surface area contributed by atoms with Crippen LogP contribution in [-0.4, -0.2) is 71.6 Å². The van der Waals surface area contributed by atoms with Crippen molar-refractivity contribution in [1.82, 2.24) is 20.4 Å². The molecule has 1 aromatic rings. The molecule has 1 aliphatic rings. The molecule has 0 heterocycles. The third-order valence-electron chi connectivity index (χ3n) is 4.98. The minimum absolute atomic E-state index is 0.0321. The van der Waals surface area contributed by atoms with Gasteiger partial charge >= 0.3 is 12.0 Å². The smallest absolute Gasteiger partial charge is 0.317 e. The van der Waals surface area contributed by atoms with Crippen LogP contribution in [0, 0.1) is 0 Å². The number of benzene rings is 1. The molecule has 154 valence electrons. The lowest BCUT2D eigenvalue weighted by Crippen LogP contribution is -2.55. The highest BCUT2D eigenvalue weighted by atomic mass is 16.4. The van der Waals surface area contributed by atoms with Gasteiger partial charge in [0.05, 0.1) is 6.54 Å². The molecule has 0 aromatic heterocycles. The second-order valence-electron chi connectivity index (χ2n) is 7.17. The molecule has 0 bridgehead atoms. The van der Waals surface area contributed by atoms with Gasteiger partial charge in [0, 0.05) is 38.6 Å². The Hall–Kier alpha value is -2.61. The quantitative estimate of drug-likeness (QED) is 0.558. The largest absolute Gasteiger partial charge is 0.480 e. The number of urea groups is 1. The second kappa shape index (κ2) is 10.7. The number of likely N-dealkylation sites (N-methyl/N-ethyl adjacent to an activating group) is 1. The predicted octanol–water partition coefficient (Wildman–Crippen LogP) is 1.27. The number of nitrogens with one attached hydrogen (secondary N) is 2. The monoisotopic (exact) mass is 390 g/mol. The summed E-state index contributed by atoms with van der Waals surface area (Å²) in [4.78, 5) is 38.4. The number of hydrogen-bond acceptors (Lipinski definition) is 4. The third-order valence-corrected chi connectivity index (χ3v) is 4.98. The summed E-state index contributed by atoms with van der Waals surface area (Å²) in [7, 11) is 1.72. The molecule has 1 saturated carbocycles. The van der Waals surface area contributed by atoms with Gasteiger partial charge in [-0.3, -0.25) is 14.5 Å². The molecule has 3 amide bonds. The maximum atomic E-state index is 12.1. The fraction of sp³-hybridized carbons (Fsp3) is 0.550. The molecule has 1 aliphatic carbocycles. The molecule has 0 aliphatic heterocycles. The fourth-order valence-corrected chi connectivity index (χ4v) is 3.32. The number of carboxylic acid groups (broad SMARTS) is 1. The zero-order valence-electron chi connectivity index (χ0n) is 16.6. The van der Waals surface area contributed by atoms with E-state index in [1.54, 1.807) is 11.9 Å². The van der Waals surface area contributed by atoms with Crippen LogP contribution in [-0.2, 0) is 16.1 Å². The summed E-state index contributed by atoms with van der Waals surface area (Å²) in [5, 5.41) is 14.6. The van der Waals surface area contributed by atoms with E-state index in [2.05, 4.69) is 10.6 Å². The van der Waals surface area contributed by atoms with Gasteiger partial charge in [0.15, 0.2) is 0 Å². The van der Waals surface area contributed by atoms with Crippen LogP contribution in [0.1, 0.15) is 31.7 Å². The van der Waals surface area contributed by atoms with Crippen molar-refractivity contribution in [3.63, 3.8) is 0 Å². The predicted molar refractivity (Wildman–Crippen MR) is 106 cm³/mol. The van der Waals surface area contributed by atoms with Crippen molar-refractivity contribution in [2.45, 2.75) is 44.8 Å². The maximum Gasteiger partial charge on any atom is 0.317 e. The van der Waals surface area contributed by atoms with E-state index in [9.17, 15) is 14.4 Å². The number of hydrogen-bond donors (Lipinski definition) is 3. The van der Waals surface area contributed by atoms with Gasteiger partial charge in [-0.25, -0.2) is 4.79 Å². The lowest BCUT2D eigenvalue weighted by Gasteiger charge is -2.42. The molecule has 0 saturated heterocycles. The zero-order valence-corrected chi connectivity index (χ0v) is 16.6. The van der Waals surface area contributed by atoms with E-state index < -0.39 is 5.97 Å². The van der Waals surface area contributed by atoms with Crippen LogP contribution in [0.2, 0.25) is 0 Å². The highest BCUT2D eigenvalue weighted by Gasteiger charge is 2.34. The average molecular weight is 390 g/mol. The van der Waals surface area contributed by atoms with E-state index in [4.69, 9.17) is 5.11 Å². The van der Waals surface area contributed by atoms with E-state index >= 15 is 0 Å². The van der Waals surface area contributed by atoms with E-state index in [1.165, 1.54) is 0 Å². The van der Waals surface area contributed by atoms with Crippen molar-refractivity contribution in [3.8, 4) is 0 Å². The minimum atomic E-state index is -0.831. The first-order chi connectivity index (χ1) is 13.4. The number of carboxylic acids is 1. The Morgan fingerprint density at radius 1 is 1.18 bits per heavy atom. The first-order valence-corrected chi connectivity index (χ1v) is 9.67. The van der Waals surface area contributed by atoms with E-state index in [1.807, 2.05) is 42.2 Å². The highest BCUT2D eigenvalue weighted by molar-refractivity contribution is 5.78. The maximum absolute atomic E-state index is 12.1. The van der Waals surface area contributed by atoms with Crippen LogP contribution in [0.25, 0.3) is 0 Å². The Kier molecular flexibility index (Phi) is 8.25. The molecule has 2 rings (SSSR count). The first-order valence-electron chi connectivity index (χ1n) is 9.67. The van der Waals surface area contributed by atoms with Crippen molar-refractivity contribution in [2.24, 2.45) is 0 Å². The van der Waals surface area contributed by atoms with Crippen molar-refractivity contribution < 1.29 is 19.5 Å². The van der Waals surface area contributed by atoms with Crippen LogP contribution in [0.15, 0.2) is 30.3 Å². The second-order valence-corrected chi connectivity index (χ2v) is 7.17. The summed E-state index contributed by atoms with van der Waals surface area (Å²) in [6.07, 6.45) is 1.75. The van der Waals surface area contributed by atoms with Gasteiger partial charge < -0.3 is 20.6 Å². The zero-order chi connectivity index (χ0) is 20.5. The van der Waals surface area contributed by atoms with E-state index in [0.29, 0.717) is 13.1 Å². The van der Waals surface area contributed by atoms with E-state index in [0.717, 1.165) is 18.4 Å². The van der Waals surface area contributed by atoms with Crippen molar-refractivity contribution >= 4 is 17.9 Å². The molecule has 3 N–H and O–H groups in total. The van der Waals surface area contributed by atoms with Gasteiger partial charge in [-0.2, -0.15) is 0 Å². The average Bonchev–Trinajstić information content (AvgIpc) is 2.63. The Balaban J connectivity index is 1.60. The van der Waals surface area contributed by atoms with Gasteiger partial charge in [0.2, 0.25) is 5.91 Å². The Morgan fingerprint density at radius 3 is 2.46 bits per heavy atom. The van der Waals surface area contributed by atoms with Gasteiger partial charge in [-0.1, -0.05) is 37.3 Å². The molecule has 0 unspecified atom stereocenters. The number of carbonyl (C=O) groups excluding carboxylic acids is 2. The Labute approximate surface area is 165 Å². The lowest BCUT2D eigenvalue weighted by molar-refractivity contribution is -0.139. The Morgan fingerprint density at radius 2 is 1.86 bits per heavy atom. The number of rotatable bonds is 10. The molecule has 0 radical (unpaired) electrons. The van der Waals surface area contributed by atoms with Crippen LogP contribution >= 0.6 is 0 Å². The molecular formula is C20H30N4O4. The fourth-order valence-electron chi connectivity index (χ4n) is 3.32. The standard InChI is InChI=1S/C20H30N4O4/c1-3-24(14-19(26)27)17-11-16(12-17)22-18(25)9-10-21-20(28)23(2)13-15-7-5-4-6-8-15/h4-8,16-17H,3,9-14H2,1-2H3,(H,21,28)(H,22,25)(H,26,27). The molecule has 1 aromatic carbocycles.